The lowest BCUT2D eigenvalue weighted by Crippen LogP contribution is -2.40. The number of ether oxygens (including phenoxy) is 2. The molecule has 0 atom stereocenters. The lowest BCUT2D eigenvalue weighted by molar-refractivity contribution is -0.122. The number of methoxy groups -OCH3 is 1. The van der Waals surface area contributed by atoms with Gasteiger partial charge in [-0.2, -0.15) is 0 Å². The summed E-state index contributed by atoms with van der Waals surface area (Å²) >= 11 is 0. The number of benzene rings is 2. The molecule has 2 aromatic carbocycles. The molecule has 0 fully saturated rings. The molecular weight excluding hydrogens is 340 g/mol. The van der Waals surface area contributed by atoms with Crippen LogP contribution in [0.15, 0.2) is 60.7 Å². The largest absolute Gasteiger partial charge is 0.492 e. The fraction of sp³-hybridized carbons (Fsp3) is 0.409. The van der Waals surface area contributed by atoms with Gasteiger partial charge in [0.05, 0.1) is 19.7 Å². The van der Waals surface area contributed by atoms with Gasteiger partial charge >= 0.3 is 0 Å². The van der Waals surface area contributed by atoms with Gasteiger partial charge in [0, 0.05) is 13.7 Å². The van der Waals surface area contributed by atoms with E-state index in [1.165, 1.54) is 5.56 Å². The van der Waals surface area contributed by atoms with Crippen LogP contribution in [0.1, 0.15) is 12.0 Å². The van der Waals surface area contributed by atoms with E-state index in [1.54, 1.807) is 7.11 Å². The summed E-state index contributed by atoms with van der Waals surface area (Å²) in [4.78, 5) is 14.4. The molecule has 0 saturated heterocycles. The summed E-state index contributed by atoms with van der Waals surface area (Å²) in [7, 11) is 1.68. The molecule has 0 radical (unpaired) electrons. The van der Waals surface area contributed by atoms with Crippen LogP contribution in [0.2, 0.25) is 0 Å². The second-order valence-corrected chi connectivity index (χ2v) is 6.37. The molecule has 2 rings (SSSR count). The van der Waals surface area contributed by atoms with E-state index in [-0.39, 0.29) is 5.91 Å². The van der Waals surface area contributed by atoms with Gasteiger partial charge in [-0.25, -0.2) is 0 Å². The SMILES string of the molecule is COCCN(CCCc1ccccc1)CC(=O)NCCOc1ccccc1. The molecule has 5 nitrogen and oxygen atoms in total. The van der Waals surface area contributed by atoms with Gasteiger partial charge in [0.1, 0.15) is 12.4 Å². The summed E-state index contributed by atoms with van der Waals surface area (Å²) in [6.07, 6.45) is 2.02. The lowest BCUT2D eigenvalue weighted by Gasteiger charge is -2.21. The molecule has 0 aromatic heterocycles. The van der Waals surface area contributed by atoms with Gasteiger partial charge in [-0.3, -0.25) is 9.69 Å². The summed E-state index contributed by atoms with van der Waals surface area (Å²) in [5.74, 6) is 0.830. The second-order valence-electron chi connectivity index (χ2n) is 6.37. The van der Waals surface area contributed by atoms with Gasteiger partial charge in [-0.15, -0.1) is 0 Å². The number of hydrogen-bond acceptors (Lipinski definition) is 4. The number of hydrogen-bond donors (Lipinski definition) is 1. The van der Waals surface area contributed by atoms with E-state index in [4.69, 9.17) is 9.47 Å². The molecule has 0 saturated carbocycles. The summed E-state index contributed by atoms with van der Waals surface area (Å²) in [5, 5.41) is 2.92. The smallest absolute Gasteiger partial charge is 0.234 e. The average molecular weight is 370 g/mol. The van der Waals surface area contributed by atoms with Crippen LogP contribution in [0.5, 0.6) is 5.75 Å². The number of nitrogens with one attached hydrogen (secondary N) is 1. The van der Waals surface area contributed by atoms with Crippen molar-refractivity contribution < 1.29 is 14.3 Å². The zero-order chi connectivity index (χ0) is 19.2. The molecule has 0 aliphatic rings. The molecule has 0 unspecified atom stereocenters. The first-order chi connectivity index (χ1) is 13.3. The minimum Gasteiger partial charge on any atom is -0.492 e. The van der Waals surface area contributed by atoms with Crippen molar-refractivity contribution in [1.82, 2.24) is 10.2 Å². The maximum absolute atomic E-state index is 12.2. The zero-order valence-electron chi connectivity index (χ0n) is 16.1. The number of carbonyl (C=O) groups excluding carboxylic acids is 1. The number of rotatable bonds is 13. The topological polar surface area (TPSA) is 50.8 Å². The summed E-state index contributed by atoms with van der Waals surface area (Å²) < 4.78 is 10.8. The molecule has 146 valence electrons. The van der Waals surface area contributed by atoms with Crippen molar-refractivity contribution in [3.63, 3.8) is 0 Å². The molecule has 2 aromatic rings. The summed E-state index contributed by atoms with van der Waals surface area (Å²) in [6, 6.07) is 20.0. The van der Waals surface area contributed by atoms with E-state index in [2.05, 4.69) is 34.5 Å². The molecule has 0 bridgehead atoms. The Labute approximate surface area is 162 Å². The highest BCUT2D eigenvalue weighted by molar-refractivity contribution is 5.77. The Kier molecular flexibility index (Phi) is 10.0. The molecule has 5 heteroatoms. The van der Waals surface area contributed by atoms with Crippen molar-refractivity contribution in [2.24, 2.45) is 0 Å². The third-order valence-electron chi connectivity index (χ3n) is 4.20. The van der Waals surface area contributed by atoms with Crippen molar-refractivity contribution in [2.45, 2.75) is 12.8 Å². The Bertz CT molecular complexity index is 635. The highest BCUT2D eigenvalue weighted by Crippen LogP contribution is 2.07. The van der Waals surface area contributed by atoms with Crippen LogP contribution in [-0.4, -0.2) is 57.3 Å². The Hall–Kier alpha value is -2.37. The minimum atomic E-state index is 0.0162. The molecule has 1 amide bonds. The normalized spacial score (nSPS) is 10.7. The quantitative estimate of drug-likeness (QED) is 0.551. The fourth-order valence-electron chi connectivity index (χ4n) is 2.78. The number of aryl methyl sites for hydroxylation is 1. The highest BCUT2D eigenvalue weighted by atomic mass is 16.5. The zero-order valence-corrected chi connectivity index (χ0v) is 16.1. The van der Waals surface area contributed by atoms with Gasteiger partial charge in [0.15, 0.2) is 0 Å². The molecule has 0 heterocycles. The number of nitrogens with zero attached hydrogens (tertiary/aromatic N) is 1. The van der Waals surface area contributed by atoms with Crippen LogP contribution < -0.4 is 10.1 Å². The lowest BCUT2D eigenvalue weighted by atomic mass is 10.1. The summed E-state index contributed by atoms with van der Waals surface area (Å²) in [5.41, 5.74) is 1.33. The predicted molar refractivity (Wildman–Crippen MR) is 108 cm³/mol. The highest BCUT2D eigenvalue weighted by Gasteiger charge is 2.10. The average Bonchev–Trinajstić information content (AvgIpc) is 2.71. The Morgan fingerprint density at radius 3 is 2.37 bits per heavy atom. The molecule has 0 aliphatic heterocycles. The fourth-order valence-corrected chi connectivity index (χ4v) is 2.78. The standard InChI is InChI=1S/C22H30N2O3/c1-26-18-16-24(15-8-11-20-9-4-2-5-10-20)19-22(25)23-14-17-27-21-12-6-3-7-13-21/h2-7,9-10,12-13H,8,11,14-19H2,1H3,(H,23,25). The number of amides is 1. The van der Waals surface area contributed by atoms with Crippen LogP contribution in [0.25, 0.3) is 0 Å². The monoisotopic (exact) mass is 370 g/mol. The van der Waals surface area contributed by atoms with Crippen LogP contribution in [0.4, 0.5) is 0 Å². The van der Waals surface area contributed by atoms with E-state index in [9.17, 15) is 4.79 Å². The number of carbonyl (C=O) groups is 1. The van der Waals surface area contributed by atoms with Crippen LogP contribution in [0.3, 0.4) is 0 Å². The van der Waals surface area contributed by atoms with Gasteiger partial charge in [-0.1, -0.05) is 48.5 Å². The molecule has 1 N–H and O–H groups in total. The van der Waals surface area contributed by atoms with E-state index in [1.807, 2.05) is 36.4 Å². The van der Waals surface area contributed by atoms with Gasteiger partial charge in [-0.05, 0) is 37.1 Å². The predicted octanol–water partition coefficient (Wildman–Crippen LogP) is 2.76. The Morgan fingerprint density at radius 2 is 1.67 bits per heavy atom. The maximum Gasteiger partial charge on any atom is 0.234 e. The van der Waals surface area contributed by atoms with E-state index in [0.29, 0.717) is 26.3 Å². The second kappa shape index (κ2) is 12.9. The Morgan fingerprint density at radius 1 is 0.963 bits per heavy atom. The maximum atomic E-state index is 12.2. The molecular formula is C22H30N2O3. The van der Waals surface area contributed by atoms with E-state index in [0.717, 1.165) is 31.7 Å². The van der Waals surface area contributed by atoms with E-state index < -0.39 is 0 Å². The molecule has 0 spiro atoms. The van der Waals surface area contributed by atoms with Crippen LogP contribution in [-0.2, 0) is 16.0 Å². The third kappa shape index (κ3) is 9.22. The summed E-state index contributed by atoms with van der Waals surface area (Å²) in [6.45, 7) is 3.57. The van der Waals surface area contributed by atoms with Crippen molar-refractivity contribution in [3.8, 4) is 5.75 Å². The third-order valence-corrected chi connectivity index (χ3v) is 4.20. The Balaban J connectivity index is 1.65. The first-order valence-corrected chi connectivity index (χ1v) is 9.47. The molecule has 27 heavy (non-hydrogen) atoms. The first-order valence-electron chi connectivity index (χ1n) is 9.47. The van der Waals surface area contributed by atoms with Crippen molar-refractivity contribution in [1.29, 1.82) is 0 Å². The molecule has 0 aliphatic carbocycles. The first kappa shape index (κ1) is 20.9. The van der Waals surface area contributed by atoms with Gasteiger partial charge in [0.25, 0.3) is 0 Å². The minimum absolute atomic E-state index is 0.0162. The van der Waals surface area contributed by atoms with Crippen LogP contribution >= 0.6 is 0 Å². The van der Waals surface area contributed by atoms with Gasteiger partial charge in [0.2, 0.25) is 5.91 Å². The van der Waals surface area contributed by atoms with Gasteiger partial charge < -0.3 is 14.8 Å². The van der Waals surface area contributed by atoms with E-state index >= 15 is 0 Å². The van der Waals surface area contributed by atoms with Crippen LogP contribution in [0, 0.1) is 0 Å². The number of para-hydroxylation sites is 1. The van der Waals surface area contributed by atoms with Crippen molar-refractivity contribution in [3.05, 3.63) is 66.2 Å². The van der Waals surface area contributed by atoms with Crippen molar-refractivity contribution >= 4 is 5.91 Å². The van der Waals surface area contributed by atoms with Crippen molar-refractivity contribution in [2.75, 3.05) is 46.5 Å².